The van der Waals surface area contributed by atoms with Gasteiger partial charge in [0.2, 0.25) is 0 Å². The van der Waals surface area contributed by atoms with Crippen molar-refractivity contribution in [3.05, 3.63) is 53.8 Å². The van der Waals surface area contributed by atoms with Crippen molar-refractivity contribution in [3.8, 4) is 11.1 Å². The molecule has 174 valence electrons. The Kier molecular flexibility index (Phi) is 6.47. The monoisotopic (exact) mass is 455 g/mol. The highest BCUT2D eigenvalue weighted by atomic mass is 19.1. The molecule has 0 spiro atoms. The van der Waals surface area contributed by atoms with Gasteiger partial charge >= 0.3 is 11.9 Å². The maximum absolute atomic E-state index is 15.8. The maximum atomic E-state index is 15.8. The summed E-state index contributed by atoms with van der Waals surface area (Å²) in [5.74, 6) is -5.31. The highest BCUT2D eigenvalue weighted by Gasteiger charge is 2.55. The van der Waals surface area contributed by atoms with E-state index in [1.54, 1.807) is 37.3 Å². The van der Waals surface area contributed by atoms with Crippen LogP contribution in [0.5, 0.6) is 0 Å². The molecule has 0 heterocycles. The number of esters is 1. The number of hydroxylamine groups is 1. The lowest BCUT2D eigenvalue weighted by molar-refractivity contribution is -0.150. The number of hydrogen-bond acceptors (Lipinski definition) is 5. The Morgan fingerprint density at radius 2 is 1.73 bits per heavy atom. The van der Waals surface area contributed by atoms with Gasteiger partial charge in [-0.05, 0) is 49.7 Å². The smallest absolute Gasteiger partial charge is 0.341 e. The largest absolute Gasteiger partial charge is 0.481 e. The van der Waals surface area contributed by atoms with E-state index in [-0.39, 0.29) is 29.7 Å². The summed E-state index contributed by atoms with van der Waals surface area (Å²) in [7, 11) is 1.23. The van der Waals surface area contributed by atoms with E-state index in [4.69, 9.17) is 9.57 Å². The molecule has 2 aromatic rings. The third-order valence-corrected chi connectivity index (χ3v) is 6.77. The number of hydrogen-bond donors (Lipinski definition) is 1. The number of ether oxygens (including phenoxy) is 1. The number of aliphatic carboxylic acids is 1. The molecule has 0 saturated heterocycles. The van der Waals surface area contributed by atoms with Crippen LogP contribution in [0.2, 0.25) is 0 Å². The molecule has 2 saturated carbocycles. The van der Waals surface area contributed by atoms with Gasteiger partial charge in [0.15, 0.2) is 5.82 Å². The molecule has 2 aliphatic rings. The molecule has 7 nitrogen and oxygen atoms in total. The van der Waals surface area contributed by atoms with Crippen LogP contribution >= 0.6 is 0 Å². The average Bonchev–Trinajstić information content (AvgIpc) is 3.43. The third kappa shape index (κ3) is 3.99. The van der Waals surface area contributed by atoms with Crippen LogP contribution in [0.3, 0.4) is 0 Å². The number of nitrogens with zero attached hydrogens (tertiary/aromatic N) is 1. The first-order valence-electron chi connectivity index (χ1n) is 11.0. The summed E-state index contributed by atoms with van der Waals surface area (Å²) in [5, 5.41) is 10.6. The first kappa shape index (κ1) is 22.9. The molecule has 2 bridgehead atoms. The minimum absolute atomic E-state index is 0.0619. The molecular formula is C25H26FNO6. The van der Waals surface area contributed by atoms with Crippen LogP contribution in [0.15, 0.2) is 42.5 Å². The maximum Gasteiger partial charge on any atom is 0.341 e. The van der Waals surface area contributed by atoms with E-state index >= 15 is 4.39 Å². The van der Waals surface area contributed by atoms with Gasteiger partial charge in [-0.2, -0.15) is 5.06 Å². The molecule has 1 N–H and O–H groups in total. The molecule has 1 amide bonds. The molecule has 2 fully saturated rings. The van der Waals surface area contributed by atoms with E-state index in [2.05, 4.69) is 0 Å². The molecule has 0 radical (unpaired) electrons. The van der Waals surface area contributed by atoms with E-state index in [0.717, 1.165) is 17.9 Å². The minimum Gasteiger partial charge on any atom is -0.481 e. The summed E-state index contributed by atoms with van der Waals surface area (Å²) in [6.45, 7) is 1.67. The zero-order valence-electron chi connectivity index (χ0n) is 18.5. The van der Waals surface area contributed by atoms with Crippen LogP contribution in [-0.4, -0.2) is 36.7 Å². The number of amides is 1. The second kappa shape index (κ2) is 9.31. The van der Waals surface area contributed by atoms with E-state index in [1.165, 1.54) is 19.2 Å². The van der Waals surface area contributed by atoms with Gasteiger partial charge in [-0.3, -0.25) is 14.4 Å². The fourth-order valence-corrected chi connectivity index (χ4v) is 5.41. The van der Waals surface area contributed by atoms with Crippen LogP contribution in [0.1, 0.15) is 36.5 Å². The highest BCUT2D eigenvalue weighted by Crippen LogP contribution is 2.53. The first-order valence-corrected chi connectivity index (χ1v) is 11.0. The standard InChI is InChI=1S/C25H26FNO6/c1-3-33-25(31)18-12-11-17(14-7-5-4-6-8-14)22(21(18)26)27(32-2)23(28)19-15-9-10-16(13-15)20(19)24(29)30/h4-8,11-12,15-16,19-20H,3,9-10,13H2,1-2H3,(H,29,30). The Morgan fingerprint density at radius 1 is 1.06 bits per heavy atom. The predicted octanol–water partition coefficient (Wildman–Crippen LogP) is 4.31. The van der Waals surface area contributed by atoms with Crippen molar-refractivity contribution in [2.45, 2.75) is 26.2 Å². The quantitative estimate of drug-likeness (QED) is 0.494. The molecule has 4 unspecified atom stereocenters. The molecule has 4 atom stereocenters. The van der Waals surface area contributed by atoms with Crippen molar-refractivity contribution < 1.29 is 33.5 Å². The predicted molar refractivity (Wildman–Crippen MR) is 118 cm³/mol. The lowest BCUT2D eigenvalue weighted by atomic mass is 9.78. The Bertz CT molecular complexity index is 1070. The van der Waals surface area contributed by atoms with Gasteiger partial charge in [0, 0.05) is 5.56 Å². The molecule has 0 aliphatic heterocycles. The van der Waals surface area contributed by atoms with E-state index in [0.29, 0.717) is 17.5 Å². The Labute approximate surface area is 191 Å². The topological polar surface area (TPSA) is 93.1 Å². The van der Waals surface area contributed by atoms with Crippen LogP contribution in [0, 0.1) is 29.5 Å². The van der Waals surface area contributed by atoms with Gasteiger partial charge in [-0.25, -0.2) is 9.18 Å². The summed E-state index contributed by atoms with van der Waals surface area (Å²) in [6.07, 6.45) is 2.17. The fourth-order valence-electron chi connectivity index (χ4n) is 5.41. The minimum atomic E-state index is -1.03. The third-order valence-electron chi connectivity index (χ3n) is 6.77. The van der Waals surface area contributed by atoms with Crippen LogP contribution in [-0.2, 0) is 19.2 Å². The Morgan fingerprint density at radius 3 is 2.33 bits per heavy atom. The second-order valence-electron chi connectivity index (χ2n) is 8.45. The number of rotatable bonds is 7. The van der Waals surface area contributed by atoms with Crippen LogP contribution in [0.4, 0.5) is 10.1 Å². The zero-order valence-corrected chi connectivity index (χ0v) is 18.5. The Balaban J connectivity index is 1.83. The average molecular weight is 455 g/mol. The summed E-state index contributed by atoms with van der Waals surface area (Å²) >= 11 is 0. The lowest BCUT2D eigenvalue weighted by Crippen LogP contribution is -2.44. The zero-order chi connectivity index (χ0) is 23.7. The summed E-state index contributed by atoms with van der Waals surface area (Å²) in [4.78, 5) is 43.4. The van der Waals surface area contributed by atoms with Gasteiger partial charge in [0.05, 0.1) is 31.1 Å². The van der Waals surface area contributed by atoms with Crippen molar-refractivity contribution >= 4 is 23.5 Å². The SMILES string of the molecule is CCOC(=O)c1ccc(-c2ccccc2)c(N(OC)C(=O)C2C3CCC(C3)C2C(=O)O)c1F. The number of carboxylic acid groups (broad SMARTS) is 1. The van der Waals surface area contributed by atoms with Crippen LogP contribution < -0.4 is 5.06 Å². The molecule has 33 heavy (non-hydrogen) atoms. The normalized spacial score (nSPS) is 23.4. The summed E-state index contributed by atoms with van der Waals surface area (Å²) < 4.78 is 20.8. The molecule has 2 aromatic carbocycles. The van der Waals surface area contributed by atoms with Crippen molar-refractivity contribution in [1.29, 1.82) is 0 Å². The van der Waals surface area contributed by atoms with Crippen LogP contribution in [0.25, 0.3) is 11.1 Å². The number of carboxylic acids is 1. The number of carbonyl (C=O) groups is 3. The molecule has 4 rings (SSSR count). The summed E-state index contributed by atoms with van der Waals surface area (Å²) in [5.41, 5.74) is 0.390. The van der Waals surface area contributed by atoms with Gasteiger partial charge < -0.3 is 9.84 Å². The number of fused-ring (bicyclic) bond motifs is 2. The van der Waals surface area contributed by atoms with Crippen molar-refractivity contribution in [2.24, 2.45) is 23.7 Å². The van der Waals surface area contributed by atoms with Crippen molar-refractivity contribution in [2.75, 3.05) is 18.8 Å². The highest BCUT2D eigenvalue weighted by molar-refractivity contribution is 6.02. The number of anilines is 1. The molecular weight excluding hydrogens is 429 g/mol. The van der Waals surface area contributed by atoms with Gasteiger partial charge in [0.1, 0.15) is 5.69 Å². The summed E-state index contributed by atoms with van der Waals surface area (Å²) in [6, 6.07) is 11.7. The first-order chi connectivity index (χ1) is 15.9. The Hall–Kier alpha value is -3.26. The number of benzene rings is 2. The number of halogens is 1. The van der Waals surface area contributed by atoms with E-state index in [9.17, 15) is 19.5 Å². The molecule has 2 aliphatic carbocycles. The van der Waals surface area contributed by atoms with E-state index < -0.39 is 35.5 Å². The molecule has 8 heteroatoms. The fraction of sp³-hybridized carbons (Fsp3) is 0.400. The van der Waals surface area contributed by atoms with Crippen molar-refractivity contribution in [1.82, 2.24) is 0 Å². The second-order valence-corrected chi connectivity index (χ2v) is 8.45. The number of carbonyl (C=O) groups excluding carboxylic acids is 2. The van der Waals surface area contributed by atoms with E-state index in [1.807, 2.05) is 0 Å². The molecule has 0 aromatic heterocycles. The lowest BCUT2D eigenvalue weighted by Gasteiger charge is -2.32. The van der Waals surface area contributed by atoms with Gasteiger partial charge in [-0.1, -0.05) is 36.4 Å². The van der Waals surface area contributed by atoms with Gasteiger partial charge in [0.25, 0.3) is 5.91 Å². The van der Waals surface area contributed by atoms with Crippen molar-refractivity contribution in [3.63, 3.8) is 0 Å². The van der Waals surface area contributed by atoms with Gasteiger partial charge in [-0.15, -0.1) is 0 Å².